The van der Waals surface area contributed by atoms with E-state index < -0.39 is 15.2 Å². The van der Waals surface area contributed by atoms with Crippen LogP contribution in [-0.2, 0) is 14.6 Å². The average molecular weight is 292 g/mol. The van der Waals surface area contributed by atoms with Gasteiger partial charge in [-0.15, -0.1) is 0 Å². The van der Waals surface area contributed by atoms with Gasteiger partial charge in [0.25, 0.3) is 0 Å². The van der Waals surface area contributed by atoms with E-state index >= 15 is 0 Å². The van der Waals surface area contributed by atoms with E-state index in [0.29, 0.717) is 12.3 Å². The summed E-state index contributed by atoms with van der Waals surface area (Å²) in [4.78, 5) is 13.9. The van der Waals surface area contributed by atoms with Gasteiger partial charge in [-0.1, -0.05) is 6.92 Å². The Kier molecular flexibility index (Phi) is 4.55. The molecule has 2 saturated heterocycles. The molecule has 2 heterocycles. The number of carbonyl (C=O) groups excluding carboxylic acids is 1. The summed E-state index contributed by atoms with van der Waals surface area (Å²) in [7, 11) is -3.19. The van der Waals surface area contributed by atoms with E-state index in [0.717, 1.165) is 25.1 Å². The monoisotopic (exact) mass is 292 g/mol. The van der Waals surface area contributed by atoms with Crippen LogP contribution in [0.2, 0.25) is 0 Å². The number of nitrogens with zero attached hydrogens (tertiary/aromatic N) is 1. The van der Waals surface area contributed by atoms with Gasteiger partial charge in [0, 0.05) is 23.8 Å². The van der Waals surface area contributed by atoms with Crippen molar-refractivity contribution in [2.24, 2.45) is 0 Å². The molecule has 1 N–H and O–H groups in total. The van der Waals surface area contributed by atoms with Crippen LogP contribution in [0.1, 0.15) is 19.8 Å². The topological polar surface area (TPSA) is 66.5 Å². The standard InChI is InChI=1S/C11H20N2O3S2/c1-2-18(15,16)10-8-17-7-6-13(10)11(14)9-4-3-5-12-9/h9-10,12H,2-8H2,1H3. The summed E-state index contributed by atoms with van der Waals surface area (Å²) in [5.41, 5.74) is 0. The lowest BCUT2D eigenvalue weighted by molar-refractivity contribution is -0.133. The zero-order valence-corrected chi connectivity index (χ0v) is 12.2. The zero-order valence-electron chi connectivity index (χ0n) is 10.6. The molecule has 0 radical (unpaired) electrons. The minimum absolute atomic E-state index is 0.0326. The van der Waals surface area contributed by atoms with Gasteiger partial charge in [-0.25, -0.2) is 8.42 Å². The summed E-state index contributed by atoms with van der Waals surface area (Å²) in [6.07, 6.45) is 1.81. The van der Waals surface area contributed by atoms with E-state index in [1.165, 1.54) is 0 Å². The Bertz CT molecular complexity index is 405. The molecule has 104 valence electrons. The predicted octanol–water partition coefficient (Wildman–Crippen LogP) is 0.0746. The van der Waals surface area contributed by atoms with E-state index in [9.17, 15) is 13.2 Å². The highest BCUT2D eigenvalue weighted by atomic mass is 32.2. The van der Waals surface area contributed by atoms with Crippen LogP contribution in [0, 0.1) is 0 Å². The number of nitrogens with one attached hydrogen (secondary N) is 1. The van der Waals surface area contributed by atoms with Gasteiger partial charge >= 0.3 is 0 Å². The molecular formula is C11H20N2O3S2. The summed E-state index contributed by atoms with van der Waals surface area (Å²) in [6.45, 7) is 3.04. The van der Waals surface area contributed by atoms with E-state index in [2.05, 4.69) is 5.32 Å². The maximum atomic E-state index is 12.4. The molecule has 18 heavy (non-hydrogen) atoms. The number of rotatable bonds is 3. The van der Waals surface area contributed by atoms with Crippen molar-refractivity contribution >= 4 is 27.5 Å². The van der Waals surface area contributed by atoms with Gasteiger partial charge in [-0.3, -0.25) is 4.79 Å². The molecule has 2 aliphatic heterocycles. The van der Waals surface area contributed by atoms with Crippen molar-refractivity contribution in [1.29, 1.82) is 0 Å². The molecule has 1 amide bonds. The quantitative estimate of drug-likeness (QED) is 0.798. The molecule has 2 aliphatic rings. The Morgan fingerprint density at radius 3 is 2.89 bits per heavy atom. The van der Waals surface area contributed by atoms with Crippen molar-refractivity contribution in [1.82, 2.24) is 10.2 Å². The first-order valence-corrected chi connectivity index (χ1v) is 9.26. The van der Waals surface area contributed by atoms with Crippen LogP contribution >= 0.6 is 11.8 Å². The van der Waals surface area contributed by atoms with Gasteiger partial charge in [-0.05, 0) is 19.4 Å². The molecule has 0 aromatic rings. The van der Waals surface area contributed by atoms with Crippen molar-refractivity contribution < 1.29 is 13.2 Å². The van der Waals surface area contributed by atoms with Crippen molar-refractivity contribution in [2.45, 2.75) is 31.2 Å². The molecule has 0 aliphatic carbocycles. The molecule has 0 spiro atoms. The average Bonchev–Trinajstić information content (AvgIpc) is 2.92. The van der Waals surface area contributed by atoms with Crippen LogP contribution in [0.15, 0.2) is 0 Å². The number of sulfone groups is 1. The molecule has 0 aromatic carbocycles. The maximum Gasteiger partial charge on any atom is 0.240 e. The lowest BCUT2D eigenvalue weighted by Gasteiger charge is -2.36. The first kappa shape index (κ1) is 14.1. The maximum absolute atomic E-state index is 12.4. The third kappa shape index (κ3) is 2.83. The zero-order chi connectivity index (χ0) is 13.2. The summed E-state index contributed by atoms with van der Waals surface area (Å²) < 4.78 is 24.1. The van der Waals surface area contributed by atoms with Crippen molar-refractivity contribution in [3.8, 4) is 0 Å². The Morgan fingerprint density at radius 1 is 1.50 bits per heavy atom. The smallest absolute Gasteiger partial charge is 0.240 e. The highest BCUT2D eigenvalue weighted by Crippen LogP contribution is 2.23. The summed E-state index contributed by atoms with van der Waals surface area (Å²) >= 11 is 1.62. The Labute approximate surface area is 113 Å². The molecule has 5 nitrogen and oxygen atoms in total. The second-order valence-corrected chi connectivity index (χ2v) is 8.26. The van der Waals surface area contributed by atoms with Crippen LogP contribution in [0.25, 0.3) is 0 Å². The largest absolute Gasteiger partial charge is 0.323 e. The second kappa shape index (κ2) is 5.79. The predicted molar refractivity (Wildman–Crippen MR) is 73.3 cm³/mol. The molecule has 7 heteroatoms. The van der Waals surface area contributed by atoms with Crippen molar-refractivity contribution in [3.05, 3.63) is 0 Å². The van der Waals surface area contributed by atoms with Gasteiger partial charge in [0.05, 0.1) is 6.04 Å². The van der Waals surface area contributed by atoms with Gasteiger partial charge in [0.2, 0.25) is 5.91 Å². The number of amides is 1. The Balaban J connectivity index is 2.15. The van der Waals surface area contributed by atoms with Crippen molar-refractivity contribution in [2.75, 3.05) is 30.3 Å². The van der Waals surface area contributed by atoms with E-state index in [1.54, 1.807) is 23.6 Å². The number of thioether (sulfide) groups is 1. The van der Waals surface area contributed by atoms with E-state index in [4.69, 9.17) is 0 Å². The third-order valence-electron chi connectivity index (χ3n) is 3.54. The molecule has 0 aromatic heterocycles. The van der Waals surface area contributed by atoms with Gasteiger partial charge in [0.15, 0.2) is 9.84 Å². The molecule has 0 bridgehead atoms. The first-order valence-electron chi connectivity index (χ1n) is 6.39. The van der Waals surface area contributed by atoms with Gasteiger partial charge in [-0.2, -0.15) is 11.8 Å². The molecule has 2 fully saturated rings. The third-order valence-corrected chi connectivity index (χ3v) is 6.83. The first-order chi connectivity index (χ1) is 8.56. The lowest BCUT2D eigenvalue weighted by Crippen LogP contribution is -2.55. The highest BCUT2D eigenvalue weighted by molar-refractivity contribution is 8.01. The van der Waals surface area contributed by atoms with Crippen LogP contribution < -0.4 is 5.32 Å². The molecule has 0 saturated carbocycles. The van der Waals surface area contributed by atoms with E-state index in [1.807, 2.05) is 0 Å². The van der Waals surface area contributed by atoms with Crippen LogP contribution in [0.5, 0.6) is 0 Å². The fourth-order valence-corrected chi connectivity index (χ4v) is 5.39. The van der Waals surface area contributed by atoms with Crippen LogP contribution in [0.4, 0.5) is 0 Å². The second-order valence-electron chi connectivity index (χ2n) is 4.66. The molecule has 2 atom stereocenters. The summed E-state index contributed by atoms with van der Waals surface area (Å²) in [6, 6.07) is -0.178. The van der Waals surface area contributed by atoms with E-state index in [-0.39, 0.29) is 17.7 Å². The number of hydrogen-bond donors (Lipinski definition) is 1. The highest BCUT2D eigenvalue weighted by Gasteiger charge is 2.38. The molecule has 2 rings (SSSR count). The minimum atomic E-state index is -3.19. The van der Waals surface area contributed by atoms with Crippen molar-refractivity contribution in [3.63, 3.8) is 0 Å². The SMILES string of the molecule is CCS(=O)(=O)C1CSCCN1C(=O)C1CCCN1. The minimum Gasteiger partial charge on any atom is -0.323 e. The number of carbonyl (C=O) groups is 1. The fraction of sp³-hybridized carbons (Fsp3) is 0.909. The lowest BCUT2D eigenvalue weighted by atomic mass is 10.2. The van der Waals surface area contributed by atoms with Crippen LogP contribution in [0.3, 0.4) is 0 Å². The Hall–Kier alpha value is -0.270. The van der Waals surface area contributed by atoms with Gasteiger partial charge in [0.1, 0.15) is 5.37 Å². The Morgan fingerprint density at radius 2 is 2.28 bits per heavy atom. The summed E-state index contributed by atoms with van der Waals surface area (Å²) in [5, 5.41) is 2.52. The van der Waals surface area contributed by atoms with Gasteiger partial charge < -0.3 is 10.2 Å². The summed E-state index contributed by atoms with van der Waals surface area (Å²) in [5.74, 6) is 1.40. The number of hydrogen-bond acceptors (Lipinski definition) is 5. The molecule has 2 unspecified atom stereocenters. The molecular weight excluding hydrogens is 272 g/mol. The van der Waals surface area contributed by atoms with Crippen LogP contribution in [-0.4, -0.2) is 61.0 Å². The normalized spacial score (nSPS) is 29.5. The fourth-order valence-electron chi connectivity index (χ4n) is 2.42.